The molecule has 10 nitrogen and oxygen atoms in total. The molecule has 0 bridgehead atoms. The standard InChI is InChI=1S/C38H48N2O8S/c1-23(2)27-19-29(24(3)4)35(30(20-27)25(5)6)49(43,44)48-32-15-18-40(37(42)39-32)31-21-28(22-45-36(41)26-13-9-7-10-14-26)33-34(31)47-38(46-33)16-11-8-12-17-38/h7,9-10,13-15,18-20,23-25,28,31,33-34H,8,11-12,16-17,21-22H2,1-6H3/t28-,31-,33-,34+/m1/s1. The summed E-state index contributed by atoms with van der Waals surface area (Å²) in [6.45, 7) is 12.1. The number of rotatable bonds is 10. The lowest BCUT2D eigenvalue weighted by molar-refractivity contribution is -0.206. The first-order valence-corrected chi connectivity index (χ1v) is 19.0. The topological polar surface area (TPSA) is 123 Å². The van der Waals surface area contributed by atoms with Crippen LogP contribution in [0.25, 0.3) is 0 Å². The molecule has 1 aromatic heterocycles. The van der Waals surface area contributed by atoms with Crippen LogP contribution in [0.3, 0.4) is 0 Å². The molecule has 2 heterocycles. The zero-order valence-corrected chi connectivity index (χ0v) is 30.1. The van der Waals surface area contributed by atoms with Gasteiger partial charge in [0.2, 0.25) is 5.88 Å². The minimum atomic E-state index is -4.34. The Balaban J connectivity index is 1.27. The fraction of sp³-hybridized carbons (Fsp3) is 0.553. The summed E-state index contributed by atoms with van der Waals surface area (Å²) in [5.41, 5.74) is 2.21. The molecule has 6 rings (SSSR count). The van der Waals surface area contributed by atoms with Gasteiger partial charge in [-0.05, 0) is 65.8 Å². The first-order valence-electron chi connectivity index (χ1n) is 17.6. The van der Waals surface area contributed by atoms with Crippen LogP contribution in [0.15, 0.2) is 64.4 Å². The maximum absolute atomic E-state index is 13.9. The summed E-state index contributed by atoms with van der Waals surface area (Å²) in [4.78, 5) is 30.7. The van der Waals surface area contributed by atoms with Gasteiger partial charge in [-0.1, -0.05) is 78.3 Å². The molecule has 0 unspecified atom stereocenters. The molecule has 2 saturated carbocycles. The van der Waals surface area contributed by atoms with E-state index in [2.05, 4.69) is 18.8 Å². The average Bonchev–Trinajstić information content (AvgIpc) is 3.58. The van der Waals surface area contributed by atoms with Crippen molar-refractivity contribution in [1.29, 1.82) is 0 Å². The minimum absolute atomic E-state index is 0.0816. The maximum Gasteiger partial charge on any atom is 0.351 e. The third kappa shape index (κ3) is 7.21. The van der Waals surface area contributed by atoms with E-state index >= 15 is 0 Å². The van der Waals surface area contributed by atoms with Crippen LogP contribution in [0.5, 0.6) is 5.88 Å². The molecular formula is C38H48N2O8S. The predicted molar refractivity (Wildman–Crippen MR) is 184 cm³/mol. The lowest BCUT2D eigenvalue weighted by atomic mass is 9.89. The molecule has 4 atom stereocenters. The van der Waals surface area contributed by atoms with E-state index in [0.29, 0.717) is 23.1 Å². The SMILES string of the molecule is CC(C)c1cc(C(C)C)c(S(=O)(=O)Oc2ccn([C@@H]3C[C@H](COC(=O)c4ccccc4)[C@H]4OC5(CCCCC5)O[C@H]43)c(=O)n2)c(C(C)C)c1. The highest BCUT2D eigenvalue weighted by atomic mass is 32.2. The van der Waals surface area contributed by atoms with Crippen molar-refractivity contribution >= 4 is 16.1 Å². The molecule has 3 aliphatic rings. The van der Waals surface area contributed by atoms with Gasteiger partial charge in [0, 0.05) is 31.0 Å². The lowest BCUT2D eigenvalue weighted by Gasteiger charge is -2.34. The number of fused-ring (bicyclic) bond motifs is 1. The Hall–Kier alpha value is -3.54. The molecule has 3 fully saturated rings. The Morgan fingerprint density at radius 1 is 0.918 bits per heavy atom. The summed E-state index contributed by atoms with van der Waals surface area (Å²) >= 11 is 0. The number of aromatic nitrogens is 2. The molecule has 264 valence electrons. The molecule has 2 aliphatic carbocycles. The smallest absolute Gasteiger partial charge is 0.351 e. The van der Waals surface area contributed by atoms with Gasteiger partial charge in [0.25, 0.3) is 0 Å². The molecule has 11 heteroatoms. The van der Waals surface area contributed by atoms with E-state index in [0.717, 1.165) is 37.7 Å². The number of nitrogens with zero attached hydrogens (tertiary/aromatic N) is 2. The number of carbonyl (C=O) groups excluding carboxylic acids is 1. The summed E-state index contributed by atoms with van der Waals surface area (Å²) in [5, 5.41) is 0. The summed E-state index contributed by atoms with van der Waals surface area (Å²) in [6, 6.07) is 13.7. The summed E-state index contributed by atoms with van der Waals surface area (Å²) in [5.74, 6) is -1.61. The van der Waals surface area contributed by atoms with Crippen LogP contribution >= 0.6 is 0 Å². The Kier molecular flexibility index (Phi) is 10.1. The van der Waals surface area contributed by atoms with Crippen molar-refractivity contribution in [3.05, 3.63) is 87.5 Å². The summed E-state index contributed by atoms with van der Waals surface area (Å²) in [6.07, 6.45) is 5.72. The van der Waals surface area contributed by atoms with Crippen molar-refractivity contribution in [1.82, 2.24) is 9.55 Å². The van der Waals surface area contributed by atoms with E-state index in [-0.39, 0.29) is 47.2 Å². The van der Waals surface area contributed by atoms with Crippen molar-refractivity contribution < 1.29 is 31.6 Å². The van der Waals surface area contributed by atoms with Gasteiger partial charge in [-0.2, -0.15) is 13.4 Å². The van der Waals surface area contributed by atoms with Gasteiger partial charge < -0.3 is 18.4 Å². The zero-order chi connectivity index (χ0) is 35.1. The molecule has 3 aromatic rings. The molecule has 1 spiro atoms. The Labute approximate surface area is 289 Å². The van der Waals surface area contributed by atoms with Crippen molar-refractivity contribution in [3.8, 4) is 5.88 Å². The van der Waals surface area contributed by atoms with Crippen molar-refractivity contribution in [2.24, 2.45) is 5.92 Å². The Bertz CT molecular complexity index is 1800. The van der Waals surface area contributed by atoms with Crippen molar-refractivity contribution in [3.63, 3.8) is 0 Å². The minimum Gasteiger partial charge on any atom is -0.462 e. The largest absolute Gasteiger partial charge is 0.462 e. The summed E-state index contributed by atoms with van der Waals surface area (Å²) < 4.78 is 53.9. The Morgan fingerprint density at radius 2 is 1.55 bits per heavy atom. The van der Waals surface area contributed by atoms with E-state index in [1.165, 1.54) is 16.8 Å². The normalized spacial score (nSPS) is 23.4. The molecule has 1 saturated heterocycles. The van der Waals surface area contributed by atoms with Gasteiger partial charge in [0.05, 0.1) is 24.3 Å². The highest BCUT2D eigenvalue weighted by Gasteiger charge is 2.58. The quantitative estimate of drug-likeness (QED) is 0.160. The van der Waals surface area contributed by atoms with Crippen LogP contribution in [0.2, 0.25) is 0 Å². The fourth-order valence-electron chi connectivity index (χ4n) is 7.53. The number of hydrogen-bond acceptors (Lipinski definition) is 9. The molecule has 2 aromatic carbocycles. The van der Waals surface area contributed by atoms with Gasteiger partial charge in [0.15, 0.2) is 5.79 Å². The van der Waals surface area contributed by atoms with Gasteiger partial charge >= 0.3 is 21.8 Å². The van der Waals surface area contributed by atoms with Crippen LogP contribution in [0.4, 0.5) is 0 Å². The summed E-state index contributed by atoms with van der Waals surface area (Å²) in [7, 11) is -4.34. The first kappa shape index (κ1) is 35.3. The van der Waals surface area contributed by atoms with Crippen LogP contribution in [-0.2, 0) is 24.3 Å². The molecule has 0 N–H and O–H groups in total. The van der Waals surface area contributed by atoms with Gasteiger partial charge in [-0.15, -0.1) is 0 Å². The second kappa shape index (κ2) is 14.0. The third-order valence-electron chi connectivity index (χ3n) is 10.2. The van der Waals surface area contributed by atoms with Crippen LogP contribution in [0, 0.1) is 5.92 Å². The Morgan fingerprint density at radius 3 is 2.14 bits per heavy atom. The van der Waals surface area contributed by atoms with E-state index < -0.39 is 39.7 Å². The zero-order valence-electron chi connectivity index (χ0n) is 29.3. The number of carbonyl (C=O) groups is 1. The molecule has 49 heavy (non-hydrogen) atoms. The molecule has 1 aliphatic heterocycles. The highest BCUT2D eigenvalue weighted by Crippen LogP contribution is 2.51. The second-order valence-corrected chi connectivity index (χ2v) is 16.1. The lowest BCUT2D eigenvalue weighted by Crippen LogP contribution is -2.37. The van der Waals surface area contributed by atoms with E-state index in [1.807, 2.05) is 45.9 Å². The van der Waals surface area contributed by atoms with Crippen molar-refractivity contribution in [2.45, 2.75) is 127 Å². The molecule has 0 radical (unpaired) electrons. The van der Waals surface area contributed by atoms with E-state index in [9.17, 15) is 18.0 Å². The average molecular weight is 693 g/mol. The number of esters is 1. The molecular weight excluding hydrogens is 644 g/mol. The maximum atomic E-state index is 13.9. The van der Waals surface area contributed by atoms with Gasteiger partial charge in [0.1, 0.15) is 11.0 Å². The van der Waals surface area contributed by atoms with Gasteiger partial charge in [-0.3, -0.25) is 4.57 Å². The monoisotopic (exact) mass is 692 g/mol. The number of benzene rings is 2. The first-order chi connectivity index (χ1) is 23.3. The highest BCUT2D eigenvalue weighted by molar-refractivity contribution is 7.87. The van der Waals surface area contributed by atoms with Crippen molar-refractivity contribution in [2.75, 3.05) is 6.61 Å². The van der Waals surface area contributed by atoms with E-state index in [4.69, 9.17) is 18.4 Å². The second-order valence-electron chi connectivity index (χ2n) is 14.6. The molecule has 0 amide bonds. The third-order valence-corrected chi connectivity index (χ3v) is 11.5. The van der Waals surface area contributed by atoms with Crippen LogP contribution in [0.1, 0.15) is 131 Å². The van der Waals surface area contributed by atoms with E-state index in [1.54, 1.807) is 24.3 Å². The van der Waals surface area contributed by atoms with Gasteiger partial charge in [-0.25, -0.2) is 9.59 Å². The van der Waals surface area contributed by atoms with Crippen LogP contribution in [-0.4, -0.2) is 48.5 Å². The predicted octanol–water partition coefficient (Wildman–Crippen LogP) is 7.24. The fourth-order valence-corrected chi connectivity index (χ4v) is 9.10. The van der Waals surface area contributed by atoms with Crippen LogP contribution < -0.4 is 9.87 Å². The number of ether oxygens (including phenoxy) is 3. The number of hydrogen-bond donors (Lipinski definition) is 0.